The van der Waals surface area contributed by atoms with Crippen molar-refractivity contribution >= 4 is 23.5 Å². The van der Waals surface area contributed by atoms with Crippen LogP contribution in [0.3, 0.4) is 0 Å². The number of fused-ring (bicyclic) bond motifs is 1. The number of para-hydroxylation sites is 1. The topological polar surface area (TPSA) is 102 Å². The van der Waals surface area contributed by atoms with Gasteiger partial charge in [0, 0.05) is 12.1 Å². The number of nitrogens with one attached hydrogen (secondary N) is 1. The van der Waals surface area contributed by atoms with Gasteiger partial charge in [-0.3, -0.25) is 4.79 Å². The number of carboxylic acids is 2. The number of hydrogen-bond donors (Lipinski definition) is 2. The van der Waals surface area contributed by atoms with E-state index in [1.165, 1.54) is 37.9 Å². The largest absolute Gasteiger partial charge is 0.539 e. The van der Waals surface area contributed by atoms with E-state index in [4.69, 9.17) is 19.8 Å². The van der Waals surface area contributed by atoms with Gasteiger partial charge < -0.3 is 24.8 Å². The zero-order chi connectivity index (χ0) is 19.1. The molecule has 1 amide bonds. The average Bonchev–Trinajstić information content (AvgIpc) is 2.65. The highest BCUT2D eigenvalue weighted by Gasteiger charge is 2.29. The SMILES string of the molecule is CC(CN1C(=O)CCc2ccccc21)[NH+]1CCCCC1.O=C([O-])C(=O)O. The highest BCUT2D eigenvalue weighted by atomic mass is 16.4. The number of hydrogen-bond acceptors (Lipinski definition) is 4. The molecule has 142 valence electrons. The number of quaternary nitrogens is 1. The van der Waals surface area contributed by atoms with Gasteiger partial charge in [-0.25, -0.2) is 4.79 Å². The van der Waals surface area contributed by atoms with Crippen molar-refractivity contribution < 1.29 is 29.5 Å². The van der Waals surface area contributed by atoms with Crippen LogP contribution in [-0.2, 0) is 20.8 Å². The van der Waals surface area contributed by atoms with E-state index in [9.17, 15) is 4.79 Å². The number of aryl methyl sites for hydroxylation is 1. The summed E-state index contributed by atoms with van der Waals surface area (Å²) in [6.07, 6.45) is 5.62. The Bertz CT molecular complexity index is 643. The van der Waals surface area contributed by atoms with Gasteiger partial charge in [-0.2, -0.15) is 0 Å². The van der Waals surface area contributed by atoms with Crippen molar-refractivity contribution in [2.45, 2.75) is 45.1 Å². The molecule has 0 bridgehead atoms. The Morgan fingerprint density at radius 2 is 1.81 bits per heavy atom. The number of carbonyl (C=O) groups excluding carboxylic acids is 2. The lowest BCUT2D eigenvalue weighted by molar-refractivity contribution is -0.926. The molecule has 7 nitrogen and oxygen atoms in total. The van der Waals surface area contributed by atoms with Crippen LogP contribution < -0.4 is 14.9 Å². The van der Waals surface area contributed by atoms with Gasteiger partial charge in [0.2, 0.25) is 5.91 Å². The maximum atomic E-state index is 12.3. The summed E-state index contributed by atoms with van der Waals surface area (Å²) >= 11 is 0. The average molecular weight is 362 g/mol. The van der Waals surface area contributed by atoms with Crippen LogP contribution in [0.4, 0.5) is 5.69 Å². The van der Waals surface area contributed by atoms with Crippen molar-refractivity contribution in [1.29, 1.82) is 0 Å². The second-order valence-electron chi connectivity index (χ2n) is 6.85. The Hall–Kier alpha value is -2.41. The van der Waals surface area contributed by atoms with Crippen LogP contribution in [0.5, 0.6) is 0 Å². The molecule has 2 N–H and O–H groups in total. The molecule has 2 aliphatic heterocycles. The highest BCUT2D eigenvalue weighted by Crippen LogP contribution is 2.27. The summed E-state index contributed by atoms with van der Waals surface area (Å²) in [6.45, 7) is 5.70. The number of amides is 1. The minimum atomic E-state index is -2.07. The third-order valence-corrected chi connectivity index (χ3v) is 5.02. The van der Waals surface area contributed by atoms with Crippen molar-refractivity contribution in [2.24, 2.45) is 0 Å². The fourth-order valence-corrected chi connectivity index (χ4v) is 3.60. The Labute approximate surface area is 153 Å². The van der Waals surface area contributed by atoms with Crippen LogP contribution in [0.1, 0.15) is 38.2 Å². The number of benzene rings is 1. The van der Waals surface area contributed by atoms with E-state index in [-0.39, 0.29) is 0 Å². The van der Waals surface area contributed by atoms with Gasteiger partial charge in [-0.05, 0) is 44.2 Å². The fourth-order valence-electron chi connectivity index (χ4n) is 3.60. The molecular formula is C19H26N2O5. The van der Waals surface area contributed by atoms with Crippen LogP contribution in [0, 0.1) is 0 Å². The summed E-state index contributed by atoms with van der Waals surface area (Å²) in [5.41, 5.74) is 2.47. The third-order valence-electron chi connectivity index (χ3n) is 5.02. The normalized spacial score (nSPS) is 18.3. The predicted molar refractivity (Wildman–Crippen MR) is 93.8 cm³/mol. The van der Waals surface area contributed by atoms with Crippen LogP contribution in [0.2, 0.25) is 0 Å². The van der Waals surface area contributed by atoms with Gasteiger partial charge in [-0.1, -0.05) is 18.2 Å². The highest BCUT2D eigenvalue weighted by molar-refractivity contribution is 6.26. The maximum absolute atomic E-state index is 12.3. The summed E-state index contributed by atoms with van der Waals surface area (Å²) < 4.78 is 0. The molecule has 26 heavy (non-hydrogen) atoms. The number of rotatable bonds is 3. The molecule has 0 radical (unpaired) electrons. The maximum Gasteiger partial charge on any atom is 0.351 e. The molecule has 1 fully saturated rings. The summed E-state index contributed by atoms with van der Waals surface area (Å²) in [5, 5.41) is 16.3. The molecular weight excluding hydrogens is 336 g/mol. The lowest BCUT2D eigenvalue weighted by Crippen LogP contribution is -3.16. The number of nitrogens with zero attached hydrogens (tertiary/aromatic N) is 1. The number of anilines is 1. The summed E-state index contributed by atoms with van der Waals surface area (Å²) in [7, 11) is 0. The van der Waals surface area contributed by atoms with Crippen molar-refractivity contribution in [3.05, 3.63) is 29.8 Å². The van der Waals surface area contributed by atoms with Gasteiger partial charge in [-0.15, -0.1) is 0 Å². The van der Waals surface area contributed by atoms with Crippen LogP contribution in [-0.4, -0.2) is 48.6 Å². The zero-order valence-electron chi connectivity index (χ0n) is 15.1. The predicted octanol–water partition coefficient (Wildman–Crippen LogP) is -0.756. The molecule has 2 heterocycles. The van der Waals surface area contributed by atoms with Crippen molar-refractivity contribution in [3.8, 4) is 0 Å². The molecule has 1 saturated heterocycles. The van der Waals surface area contributed by atoms with E-state index in [2.05, 4.69) is 25.1 Å². The lowest BCUT2D eigenvalue weighted by Gasteiger charge is -2.35. The molecule has 0 aromatic heterocycles. The van der Waals surface area contributed by atoms with Gasteiger partial charge in [0.15, 0.2) is 5.97 Å². The van der Waals surface area contributed by atoms with E-state index in [1.807, 2.05) is 11.0 Å². The molecule has 1 atom stereocenters. The second kappa shape index (κ2) is 9.33. The first-order valence-electron chi connectivity index (χ1n) is 9.07. The van der Waals surface area contributed by atoms with E-state index in [1.54, 1.807) is 4.90 Å². The molecule has 3 rings (SSSR count). The minimum Gasteiger partial charge on any atom is -0.539 e. The quantitative estimate of drug-likeness (QED) is 0.689. The van der Waals surface area contributed by atoms with Crippen LogP contribution in [0.25, 0.3) is 0 Å². The zero-order valence-corrected chi connectivity index (χ0v) is 15.1. The van der Waals surface area contributed by atoms with Gasteiger partial charge in [0.05, 0.1) is 19.6 Å². The Balaban J connectivity index is 0.000000352. The van der Waals surface area contributed by atoms with Gasteiger partial charge in [0.1, 0.15) is 6.04 Å². The molecule has 2 aliphatic rings. The number of aliphatic carboxylic acids is 2. The van der Waals surface area contributed by atoms with E-state index >= 15 is 0 Å². The minimum absolute atomic E-state index is 0.298. The Morgan fingerprint density at radius 1 is 1.19 bits per heavy atom. The van der Waals surface area contributed by atoms with Gasteiger partial charge >= 0.3 is 5.97 Å². The number of carboxylic acid groups (broad SMARTS) is 2. The molecule has 1 unspecified atom stereocenters. The molecule has 7 heteroatoms. The standard InChI is InChI=1S/C17H24N2O.C2H2O4/c1-14(18-11-5-2-6-12-18)13-19-16-8-4-3-7-15(16)9-10-17(19)20;3-1(4)2(5)6/h3-4,7-8,14H,2,5-6,9-13H2,1H3;(H,3,4)(H,5,6). The number of likely N-dealkylation sites (tertiary alicyclic amines) is 1. The Morgan fingerprint density at radius 3 is 2.42 bits per heavy atom. The van der Waals surface area contributed by atoms with Crippen LogP contribution >= 0.6 is 0 Å². The molecule has 1 aromatic rings. The third kappa shape index (κ3) is 5.29. The first-order valence-corrected chi connectivity index (χ1v) is 9.07. The summed E-state index contributed by atoms with van der Waals surface area (Å²) in [6, 6.07) is 8.91. The molecule has 1 aromatic carbocycles. The summed E-state index contributed by atoms with van der Waals surface area (Å²) in [5.74, 6) is -3.71. The molecule has 0 aliphatic carbocycles. The number of piperidine rings is 1. The smallest absolute Gasteiger partial charge is 0.351 e. The van der Waals surface area contributed by atoms with E-state index in [0.717, 1.165) is 18.7 Å². The fraction of sp³-hybridized carbons (Fsp3) is 0.526. The van der Waals surface area contributed by atoms with E-state index in [0.29, 0.717) is 18.4 Å². The monoisotopic (exact) mass is 362 g/mol. The van der Waals surface area contributed by atoms with Crippen molar-refractivity contribution in [3.63, 3.8) is 0 Å². The first-order chi connectivity index (χ1) is 12.4. The Kier molecular flexibility index (Phi) is 7.15. The first kappa shape index (κ1) is 19.9. The lowest BCUT2D eigenvalue weighted by atomic mass is 10.0. The number of carbonyl (C=O) groups is 3. The van der Waals surface area contributed by atoms with Gasteiger partial charge in [0.25, 0.3) is 0 Å². The second-order valence-corrected chi connectivity index (χ2v) is 6.85. The van der Waals surface area contributed by atoms with Crippen molar-refractivity contribution in [1.82, 2.24) is 0 Å². The van der Waals surface area contributed by atoms with Crippen molar-refractivity contribution in [2.75, 3.05) is 24.5 Å². The summed E-state index contributed by atoms with van der Waals surface area (Å²) in [4.78, 5) is 34.0. The van der Waals surface area contributed by atoms with E-state index < -0.39 is 11.9 Å². The van der Waals surface area contributed by atoms with Crippen LogP contribution in [0.15, 0.2) is 24.3 Å². The molecule has 0 saturated carbocycles. The molecule has 0 spiro atoms.